The number of ether oxygens (including phenoxy) is 1. The number of benzene rings is 1. The van der Waals surface area contributed by atoms with Crippen molar-refractivity contribution >= 4 is 5.65 Å². The Morgan fingerprint density at radius 2 is 1.71 bits per heavy atom. The van der Waals surface area contributed by atoms with Gasteiger partial charge in [0.25, 0.3) is 0 Å². The van der Waals surface area contributed by atoms with Gasteiger partial charge >= 0.3 is 6.36 Å². The van der Waals surface area contributed by atoms with Gasteiger partial charge in [0.05, 0.1) is 5.69 Å². The second kappa shape index (κ2) is 4.89. The van der Waals surface area contributed by atoms with E-state index in [1.165, 1.54) is 28.8 Å². The second-order valence-electron chi connectivity index (χ2n) is 5.55. The summed E-state index contributed by atoms with van der Waals surface area (Å²) >= 11 is 0. The fourth-order valence-corrected chi connectivity index (χ4v) is 2.38. The minimum Gasteiger partial charge on any atom is -0.406 e. The summed E-state index contributed by atoms with van der Waals surface area (Å²) in [5.74, 6) is -0.172. The first-order valence-electron chi connectivity index (χ1n) is 7.12. The van der Waals surface area contributed by atoms with Gasteiger partial charge in [-0.05, 0) is 49.2 Å². The van der Waals surface area contributed by atoms with Crippen LogP contribution in [0, 0.1) is 0 Å². The normalized spacial score (nSPS) is 16.3. The van der Waals surface area contributed by atoms with Crippen LogP contribution in [0.4, 0.5) is 17.6 Å². The van der Waals surface area contributed by atoms with E-state index in [1.807, 2.05) is 0 Å². The number of aromatic nitrogens is 4. The van der Waals surface area contributed by atoms with Crippen molar-refractivity contribution in [1.29, 1.82) is 0 Å². The molecule has 1 fully saturated rings. The summed E-state index contributed by atoms with van der Waals surface area (Å²) in [6, 6.07) is 8.55. The second-order valence-corrected chi connectivity index (χ2v) is 5.55. The summed E-state index contributed by atoms with van der Waals surface area (Å²) in [6.07, 6.45) is -3.98. The van der Waals surface area contributed by atoms with Crippen LogP contribution in [0.1, 0.15) is 18.7 Å². The van der Waals surface area contributed by atoms with Crippen molar-refractivity contribution in [1.82, 2.24) is 19.8 Å². The highest BCUT2D eigenvalue weighted by atomic mass is 19.4. The smallest absolute Gasteiger partial charge is 0.406 e. The zero-order chi connectivity index (χ0) is 16.9. The van der Waals surface area contributed by atoms with Gasteiger partial charge < -0.3 is 4.74 Å². The van der Waals surface area contributed by atoms with Gasteiger partial charge in [-0.25, -0.2) is 4.39 Å². The quantitative estimate of drug-likeness (QED) is 0.684. The largest absolute Gasteiger partial charge is 0.573 e. The van der Waals surface area contributed by atoms with E-state index >= 15 is 0 Å². The third kappa shape index (κ3) is 2.66. The van der Waals surface area contributed by atoms with Crippen molar-refractivity contribution in [3.8, 4) is 17.0 Å². The number of nitrogens with zero attached hydrogens (tertiary/aromatic N) is 4. The van der Waals surface area contributed by atoms with Crippen LogP contribution in [-0.2, 0) is 5.67 Å². The average molecular weight is 338 g/mol. The van der Waals surface area contributed by atoms with Gasteiger partial charge in [0.1, 0.15) is 5.75 Å². The lowest BCUT2D eigenvalue weighted by Crippen LogP contribution is -2.16. The molecule has 3 aromatic rings. The van der Waals surface area contributed by atoms with E-state index in [2.05, 4.69) is 20.0 Å². The minimum absolute atomic E-state index is 0.149. The molecule has 0 radical (unpaired) electrons. The fraction of sp³-hybridized carbons (Fsp3) is 0.267. The highest BCUT2D eigenvalue weighted by molar-refractivity contribution is 5.61. The number of rotatable bonds is 3. The molecule has 5 nitrogen and oxygen atoms in total. The lowest BCUT2D eigenvalue weighted by atomic mass is 10.1. The average Bonchev–Trinajstić information content (AvgIpc) is 3.11. The Labute approximate surface area is 132 Å². The molecule has 0 N–H and O–H groups in total. The van der Waals surface area contributed by atoms with Gasteiger partial charge in [-0.1, -0.05) is 0 Å². The maximum absolute atomic E-state index is 14.3. The molecule has 0 atom stereocenters. The summed E-state index contributed by atoms with van der Waals surface area (Å²) in [4.78, 5) is 0. The summed E-state index contributed by atoms with van der Waals surface area (Å²) in [7, 11) is 0. The molecule has 2 heterocycles. The predicted octanol–water partition coefficient (Wildman–Crippen LogP) is 3.65. The molecule has 1 saturated carbocycles. The van der Waals surface area contributed by atoms with Gasteiger partial charge in [0, 0.05) is 5.56 Å². The van der Waals surface area contributed by atoms with Crippen LogP contribution in [0.3, 0.4) is 0 Å². The first-order chi connectivity index (χ1) is 11.3. The molecule has 0 saturated heterocycles. The summed E-state index contributed by atoms with van der Waals surface area (Å²) in [5, 5.41) is 12.0. The van der Waals surface area contributed by atoms with Crippen molar-refractivity contribution < 1.29 is 22.3 Å². The third-order valence-electron chi connectivity index (χ3n) is 3.74. The predicted molar refractivity (Wildman–Crippen MR) is 74.9 cm³/mol. The van der Waals surface area contributed by atoms with Gasteiger partial charge in [0.15, 0.2) is 17.1 Å². The summed E-state index contributed by atoms with van der Waals surface area (Å²) in [6.45, 7) is 0. The SMILES string of the molecule is FC(F)(F)Oc1ccc(-c2ccc3nnc(C4(F)CC4)n3n2)cc1. The van der Waals surface area contributed by atoms with Crippen LogP contribution in [-0.4, -0.2) is 26.2 Å². The van der Waals surface area contributed by atoms with Crippen LogP contribution >= 0.6 is 0 Å². The van der Waals surface area contributed by atoms with Crippen molar-refractivity contribution in [2.24, 2.45) is 0 Å². The molecule has 1 aliphatic carbocycles. The molecule has 0 aliphatic heterocycles. The molecule has 9 heteroatoms. The van der Waals surface area contributed by atoms with Crippen molar-refractivity contribution in [2.45, 2.75) is 24.9 Å². The lowest BCUT2D eigenvalue weighted by Gasteiger charge is -2.09. The first-order valence-corrected chi connectivity index (χ1v) is 7.12. The van der Waals surface area contributed by atoms with E-state index in [0.29, 0.717) is 29.7 Å². The topological polar surface area (TPSA) is 52.3 Å². The Morgan fingerprint density at radius 3 is 2.33 bits per heavy atom. The number of fused-ring (bicyclic) bond motifs is 1. The standard InChI is InChI=1S/C15H10F4N4O/c16-14(7-8-14)13-21-20-12-6-5-11(22-23(12)13)9-1-3-10(4-2-9)24-15(17,18)19/h1-6H,7-8H2. The maximum atomic E-state index is 14.3. The minimum atomic E-state index is -4.74. The van der Waals surface area contributed by atoms with Crippen LogP contribution < -0.4 is 4.74 Å². The molecule has 124 valence electrons. The molecule has 0 bridgehead atoms. The molecule has 4 rings (SSSR count). The molecule has 0 spiro atoms. The monoisotopic (exact) mass is 338 g/mol. The van der Waals surface area contributed by atoms with Gasteiger partial charge in [-0.3, -0.25) is 0 Å². The molecule has 24 heavy (non-hydrogen) atoms. The Morgan fingerprint density at radius 1 is 1.00 bits per heavy atom. The summed E-state index contributed by atoms with van der Waals surface area (Å²) < 4.78 is 56.0. The van der Waals surface area contributed by atoms with E-state index in [4.69, 9.17) is 0 Å². The Hall–Kier alpha value is -2.71. The van der Waals surface area contributed by atoms with E-state index in [9.17, 15) is 17.6 Å². The molecular weight excluding hydrogens is 328 g/mol. The molecule has 1 aliphatic rings. The fourth-order valence-electron chi connectivity index (χ4n) is 2.38. The van der Waals surface area contributed by atoms with Crippen LogP contribution in [0.2, 0.25) is 0 Å². The van der Waals surface area contributed by atoms with E-state index < -0.39 is 12.0 Å². The summed E-state index contributed by atoms with van der Waals surface area (Å²) in [5.41, 5.74) is -0.0500. The highest BCUT2D eigenvalue weighted by Gasteiger charge is 2.49. The number of halogens is 4. The van der Waals surface area contributed by atoms with Crippen LogP contribution in [0.15, 0.2) is 36.4 Å². The molecule has 2 aromatic heterocycles. The number of hydrogen-bond donors (Lipinski definition) is 0. The molecule has 0 amide bonds. The van der Waals surface area contributed by atoms with Crippen LogP contribution in [0.5, 0.6) is 5.75 Å². The molecule has 1 aromatic carbocycles. The lowest BCUT2D eigenvalue weighted by molar-refractivity contribution is -0.274. The third-order valence-corrected chi connectivity index (χ3v) is 3.74. The number of hydrogen-bond acceptors (Lipinski definition) is 4. The first kappa shape index (κ1) is 14.9. The molecule has 0 unspecified atom stereocenters. The van der Waals surface area contributed by atoms with Crippen LogP contribution in [0.25, 0.3) is 16.9 Å². The Kier molecular flexibility index (Phi) is 3.03. The zero-order valence-electron chi connectivity index (χ0n) is 12.1. The van der Waals surface area contributed by atoms with Crippen molar-refractivity contribution in [2.75, 3.05) is 0 Å². The van der Waals surface area contributed by atoms with Gasteiger partial charge in [0.2, 0.25) is 0 Å². The van der Waals surface area contributed by atoms with Gasteiger partial charge in [-0.15, -0.1) is 23.4 Å². The Balaban J connectivity index is 1.69. The van der Waals surface area contributed by atoms with Crippen molar-refractivity contribution in [3.63, 3.8) is 0 Å². The Bertz CT molecular complexity index is 900. The maximum Gasteiger partial charge on any atom is 0.573 e. The van der Waals surface area contributed by atoms with Crippen molar-refractivity contribution in [3.05, 3.63) is 42.2 Å². The highest BCUT2D eigenvalue weighted by Crippen LogP contribution is 2.48. The van der Waals surface area contributed by atoms with E-state index in [1.54, 1.807) is 12.1 Å². The number of alkyl halides is 4. The zero-order valence-corrected chi connectivity index (χ0v) is 12.1. The molecular formula is C15H10F4N4O. The van der Waals surface area contributed by atoms with Gasteiger partial charge in [-0.2, -0.15) is 9.61 Å². The van der Waals surface area contributed by atoms with E-state index in [0.717, 1.165) is 0 Å². The van der Waals surface area contributed by atoms with E-state index in [-0.39, 0.29) is 11.6 Å².